The molecule has 0 unspecified atom stereocenters. The maximum atomic E-state index is 12.0. The highest BCUT2D eigenvalue weighted by molar-refractivity contribution is 5.96. The molecule has 49 heavy (non-hydrogen) atoms. The van der Waals surface area contributed by atoms with Crippen LogP contribution in [0, 0.1) is 20.8 Å². The van der Waals surface area contributed by atoms with Gasteiger partial charge in [0, 0.05) is 11.8 Å². The van der Waals surface area contributed by atoms with Crippen molar-refractivity contribution in [1.29, 1.82) is 0 Å². The molecule has 1 amide bonds. The number of aromatic carboxylic acids is 2. The van der Waals surface area contributed by atoms with Crippen LogP contribution >= 0.6 is 0 Å². The van der Waals surface area contributed by atoms with Crippen LogP contribution in [0.4, 0.5) is 5.69 Å². The lowest BCUT2D eigenvalue weighted by Crippen LogP contribution is -2.40. The summed E-state index contributed by atoms with van der Waals surface area (Å²) in [6, 6.07) is 20.1. The van der Waals surface area contributed by atoms with Gasteiger partial charge < -0.3 is 35.3 Å². The van der Waals surface area contributed by atoms with E-state index in [1.54, 1.807) is 30.3 Å². The first-order chi connectivity index (χ1) is 23.1. The van der Waals surface area contributed by atoms with E-state index in [0.717, 1.165) is 45.0 Å². The number of aryl methyl sites for hydroxylation is 3. The summed E-state index contributed by atoms with van der Waals surface area (Å²) in [5, 5.41) is 46.9. The number of hydrogen-bond acceptors (Lipinski definition) is 9. The summed E-state index contributed by atoms with van der Waals surface area (Å²) in [5.41, 5.74) is 5.31. The largest absolute Gasteiger partial charge is 0.480 e. The second kappa shape index (κ2) is 18.9. The first kappa shape index (κ1) is 39.1. The molecule has 1 aromatic heterocycles. The summed E-state index contributed by atoms with van der Waals surface area (Å²) >= 11 is 0. The van der Waals surface area contributed by atoms with E-state index in [9.17, 15) is 33.9 Å². The topological polar surface area (TPSA) is 232 Å². The van der Waals surface area contributed by atoms with Crippen molar-refractivity contribution >= 4 is 35.5 Å². The van der Waals surface area contributed by atoms with Crippen LogP contribution in [0.2, 0.25) is 0 Å². The summed E-state index contributed by atoms with van der Waals surface area (Å²) in [7, 11) is 0. The van der Waals surface area contributed by atoms with E-state index in [4.69, 9.17) is 20.4 Å². The fourth-order valence-electron chi connectivity index (χ4n) is 4.61. The van der Waals surface area contributed by atoms with Crippen LogP contribution in [-0.2, 0) is 21.0 Å². The van der Waals surface area contributed by atoms with Gasteiger partial charge in [0.2, 0.25) is 5.91 Å². The third-order valence-corrected chi connectivity index (χ3v) is 6.61. The van der Waals surface area contributed by atoms with Gasteiger partial charge in [-0.25, -0.2) is 14.4 Å². The maximum Gasteiger partial charge on any atom is 0.338 e. The van der Waals surface area contributed by atoms with Gasteiger partial charge in [-0.05, 0) is 60.7 Å². The van der Waals surface area contributed by atoms with Crippen molar-refractivity contribution in [2.45, 2.75) is 27.4 Å². The van der Waals surface area contributed by atoms with Crippen LogP contribution in [0.1, 0.15) is 43.0 Å². The van der Waals surface area contributed by atoms with E-state index in [1.807, 2.05) is 51.1 Å². The Kier molecular flexibility index (Phi) is 15.1. The number of carboxylic acid groups (broad SMARTS) is 4. The minimum Gasteiger partial charge on any atom is -0.480 e. The number of aliphatic hydroxyl groups excluding tert-OH is 1. The molecule has 0 radical (unpaired) electrons. The Morgan fingerprint density at radius 1 is 0.714 bits per heavy atom. The molecule has 6 N–H and O–H groups in total. The van der Waals surface area contributed by atoms with E-state index in [2.05, 4.69) is 9.73 Å². The molecule has 0 aliphatic heterocycles. The Labute approximate surface area is 280 Å². The van der Waals surface area contributed by atoms with Gasteiger partial charge in [-0.15, -0.1) is 0 Å². The molecule has 0 saturated heterocycles. The average molecular weight is 677 g/mol. The Hall–Kier alpha value is -6.12. The molecule has 0 saturated carbocycles. The zero-order chi connectivity index (χ0) is 36.7. The van der Waals surface area contributed by atoms with E-state index >= 15 is 0 Å². The second-order valence-corrected chi connectivity index (χ2v) is 10.6. The number of nitrogens with zero attached hydrogens (tertiary/aromatic N) is 1. The smallest absolute Gasteiger partial charge is 0.338 e. The molecule has 14 nitrogen and oxygen atoms in total. The summed E-state index contributed by atoms with van der Waals surface area (Å²) < 4.78 is 4.28. The monoisotopic (exact) mass is 676 g/mol. The van der Waals surface area contributed by atoms with E-state index in [-0.39, 0.29) is 24.3 Å². The molecule has 0 aliphatic rings. The van der Waals surface area contributed by atoms with Crippen molar-refractivity contribution in [3.05, 3.63) is 123 Å². The van der Waals surface area contributed by atoms with Gasteiger partial charge in [-0.3, -0.25) is 19.3 Å². The van der Waals surface area contributed by atoms with E-state index in [0.29, 0.717) is 11.3 Å². The molecule has 0 bridgehead atoms. The summed E-state index contributed by atoms with van der Waals surface area (Å²) in [4.78, 5) is 66.1. The van der Waals surface area contributed by atoms with Crippen molar-refractivity contribution in [3.63, 3.8) is 0 Å². The molecule has 0 aliphatic carbocycles. The maximum absolute atomic E-state index is 12.0. The first-order valence-electron chi connectivity index (χ1n) is 14.5. The normalized spacial score (nSPS) is 10.1. The Bertz CT molecular complexity index is 1810. The molecule has 0 fully saturated rings. The molecule has 0 atom stereocenters. The highest BCUT2D eigenvalue weighted by Crippen LogP contribution is 2.27. The summed E-state index contributed by atoms with van der Waals surface area (Å²) in [6.45, 7) is 4.25. The van der Waals surface area contributed by atoms with Crippen molar-refractivity contribution in [2.24, 2.45) is 0 Å². The summed E-state index contributed by atoms with van der Waals surface area (Å²) in [5.74, 6) is -4.89. The summed E-state index contributed by atoms with van der Waals surface area (Å²) in [6.07, 6.45) is 0.907. The number of amides is 1. The van der Waals surface area contributed by atoms with Crippen LogP contribution < -0.4 is 10.9 Å². The lowest BCUT2D eigenvalue weighted by atomic mass is 9.96. The van der Waals surface area contributed by atoms with Gasteiger partial charge in [0.15, 0.2) is 0 Å². The molecule has 0 spiro atoms. The van der Waals surface area contributed by atoms with Gasteiger partial charge in [0.1, 0.15) is 6.26 Å². The minimum absolute atomic E-state index is 0.0281. The number of nitrogens with one attached hydrogen (secondary N) is 1. The van der Waals surface area contributed by atoms with Gasteiger partial charge >= 0.3 is 29.5 Å². The molecule has 3 aromatic carbocycles. The third-order valence-electron chi connectivity index (χ3n) is 6.61. The van der Waals surface area contributed by atoms with Crippen molar-refractivity contribution in [3.8, 4) is 11.1 Å². The number of hydrogen-bond donors (Lipinski definition) is 6. The predicted molar refractivity (Wildman–Crippen MR) is 178 cm³/mol. The highest BCUT2D eigenvalue weighted by atomic mass is 16.4. The van der Waals surface area contributed by atoms with Gasteiger partial charge in [-0.2, -0.15) is 0 Å². The van der Waals surface area contributed by atoms with E-state index < -0.39 is 48.5 Å². The van der Waals surface area contributed by atoms with Crippen molar-refractivity contribution in [1.82, 2.24) is 4.90 Å². The number of aliphatic carboxylic acids is 2. The fraction of sp³-hybridized carbons (Fsp3) is 0.200. The standard InChI is InChI=1S/C15H20N2O5.C14H12O3.C6H4O4/c1-9-4-10(2)15(11(3)5-9)16-12(18)6-17(7-13(19)20)8-14(21)22;15-9-10-5-1-2-6-11(10)12-7-3-4-8-13(12)14(16)17;7-5-2-1-4(3-10-5)6(8)9/h4-5H,6-8H2,1-3H3,(H,16,18)(H,19,20)(H,21,22);1-8,15H,9H2,(H,16,17);1-3H,(H,8,9). The van der Waals surface area contributed by atoms with Crippen LogP contribution in [0.15, 0.2) is 88.3 Å². The van der Waals surface area contributed by atoms with Gasteiger partial charge in [0.25, 0.3) is 0 Å². The average Bonchev–Trinajstić information content (AvgIpc) is 3.03. The number of carbonyl (C=O) groups is 5. The molecular weight excluding hydrogens is 640 g/mol. The van der Waals surface area contributed by atoms with E-state index in [1.165, 1.54) is 6.07 Å². The third kappa shape index (κ3) is 12.9. The molecule has 4 rings (SSSR count). The number of benzene rings is 3. The first-order valence-corrected chi connectivity index (χ1v) is 14.5. The van der Waals surface area contributed by atoms with Crippen molar-refractivity contribution in [2.75, 3.05) is 25.0 Å². The fourth-order valence-corrected chi connectivity index (χ4v) is 4.61. The zero-order valence-electron chi connectivity index (χ0n) is 26.9. The molecule has 1 heterocycles. The molecular formula is C35H36N2O12. The lowest BCUT2D eigenvalue weighted by molar-refractivity contribution is -0.142. The van der Waals surface area contributed by atoms with Gasteiger partial charge in [-0.1, -0.05) is 60.2 Å². The SMILES string of the molecule is Cc1cc(C)c(NC(=O)CN(CC(=O)O)CC(=O)O)c(C)c1.O=C(O)c1ccc(=O)oc1.O=C(O)c1ccccc1-c1ccccc1CO. The number of aliphatic hydroxyl groups is 1. The van der Waals surface area contributed by atoms with Crippen LogP contribution in [0.5, 0.6) is 0 Å². The second-order valence-electron chi connectivity index (χ2n) is 10.6. The lowest BCUT2D eigenvalue weighted by Gasteiger charge is -2.19. The molecule has 4 aromatic rings. The Morgan fingerprint density at radius 2 is 1.27 bits per heavy atom. The van der Waals surface area contributed by atoms with Crippen molar-refractivity contribution < 1.29 is 53.9 Å². The quantitative estimate of drug-likeness (QED) is 0.132. The highest BCUT2D eigenvalue weighted by Gasteiger charge is 2.18. The Morgan fingerprint density at radius 3 is 1.76 bits per heavy atom. The Balaban J connectivity index is 0.000000272. The number of anilines is 1. The molecule has 258 valence electrons. The van der Waals surface area contributed by atoms with Crippen LogP contribution in [0.25, 0.3) is 11.1 Å². The van der Waals surface area contributed by atoms with Crippen LogP contribution in [-0.4, -0.2) is 79.9 Å². The van der Waals surface area contributed by atoms with Gasteiger partial charge in [0.05, 0.1) is 37.4 Å². The number of carbonyl (C=O) groups excluding carboxylic acids is 1. The minimum atomic E-state index is -1.18. The number of rotatable bonds is 11. The van der Waals surface area contributed by atoms with Crippen LogP contribution in [0.3, 0.4) is 0 Å². The molecule has 14 heteroatoms. The predicted octanol–water partition coefficient (Wildman–Crippen LogP) is 3.90. The number of carboxylic acids is 4. The zero-order valence-corrected chi connectivity index (χ0v) is 26.9.